The summed E-state index contributed by atoms with van der Waals surface area (Å²) in [5, 5.41) is 8.75. The maximum absolute atomic E-state index is 14.7. The highest BCUT2D eigenvalue weighted by Gasteiger charge is 2.31. The number of halogens is 5. The highest BCUT2D eigenvalue weighted by molar-refractivity contribution is 5.94. The number of ether oxygens (including phenoxy) is 2. The summed E-state index contributed by atoms with van der Waals surface area (Å²) in [6, 6.07) is 9.12. The van der Waals surface area contributed by atoms with Crippen LogP contribution in [0.4, 0.5) is 27.6 Å². The molecular formula is C22H22F5N3O3. The maximum atomic E-state index is 14.7. The molecule has 0 bridgehead atoms. The number of carbonyl (C=O) groups excluding carboxylic acids is 1. The van der Waals surface area contributed by atoms with E-state index in [1.807, 2.05) is 6.07 Å². The molecular weight excluding hydrogens is 449 g/mol. The Labute approximate surface area is 187 Å². The number of hydrogen-bond donors (Lipinski definition) is 1. The van der Waals surface area contributed by atoms with Gasteiger partial charge in [0, 0.05) is 19.5 Å². The summed E-state index contributed by atoms with van der Waals surface area (Å²) in [6.07, 6.45) is -3.07. The van der Waals surface area contributed by atoms with Crippen LogP contribution in [0, 0.1) is 23.0 Å². The van der Waals surface area contributed by atoms with E-state index in [0.717, 1.165) is 18.2 Å². The predicted molar refractivity (Wildman–Crippen MR) is 110 cm³/mol. The van der Waals surface area contributed by atoms with Crippen LogP contribution >= 0.6 is 0 Å². The third-order valence-electron chi connectivity index (χ3n) is 4.52. The molecule has 0 saturated heterocycles. The van der Waals surface area contributed by atoms with Gasteiger partial charge in [0.1, 0.15) is 22.9 Å². The molecule has 0 atom stereocenters. The molecule has 0 radical (unpaired) electrons. The number of amides is 1. The zero-order valence-electron chi connectivity index (χ0n) is 17.5. The molecule has 0 aliphatic heterocycles. The van der Waals surface area contributed by atoms with Gasteiger partial charge < -0.3 is 20.1 Å². The van der Waals surface area contributed by atoms with Gasteiger partial charge in [0.15, 0.2) is 5.82 Å². The average molecular weight is 471 g/mol. The van der Waals surface area contributed by atoms with Crippen molar-refractivity contribution in [3.8, 4) is 17.6 Å². The van der Waals surface area contributed by atoms with Gasteiger partial charge in [-0.25, -0.2) is 8.78 Å². The first-order valence-corrected chi connectivity index (χ1v) is 10.0. The fraction of sp³-hybridized carbons (Fsp3) is 0.364. The fourth-order valence-corrected chi connectivity index (χ4v) is 3.05. The zero-order valence-corrected chi connectivity index (χ0v) is 17.5. The highest BCUT2D eigenvalue weighted by atomic mass is 19.4. The fourth-order valence-electron chi connectivity index (χ4n) is 3.05. The van der Waals surface area contributed by atoms with Crippen molar-refractivity contribution < 1.29 is 36.2 Å². The molecule has 0 aliphatic carbocycles. The normalized spacial score (nSPS) is 11.0. The summed E-state index contributed by atoms with van der Waals surface area (Å²) >= 11 is 0. The highest BCUT2D eigenvalue weighted by Crippen LogP contribution is 2.26. The van der Waals surface area contributed by atoms with Crippen molar-refractivity contribution in [1.82, 2.24) is 0 Å². The van der Waals surface area contributed by atoms with Gasteiger partial charge in [-0.1, -0.05) is 0 Å². The van der Waals surface area contributed by atoms with Gasteiger partial charge in [-0.2, -0.15) is 5.26 Å². The van der Waals surface area contributed by atoms with Gasteiger partial charge in [0.05, 0.1) is 18.4 Å². The molecule has 2 rings (SSSR count). The Morgan fingerprint density at radius 3 is 2.24 bits per heavy atom. The molecule has 0 spiro atoms. The van der Waals surface area contributed by atoms with Crippen LogP contribution in [0.3, 0.4) is 0 Å². The first kappa shape index (κ1) is 25.7. The second-order valence-corrected chi connectivity index (χ2v) is 6.94. The molecule has 6 nitrogen and oxygen atoms in total. The van der Waals surface area contributed by atoms with E-state index >= 15 is 0 Å². The van der Waals surface area contributed by atoms with Crippen molar-refractivity contribution >= 4 is 11.6 Å². The molecule has 2 N–H and O–H groups in total. The van der Waals surface area contributed by atoms with E-state index < -0.39 is 29.5 Å². The second-order valence-electron chi connectivity index (χ2n) is 6.94. The third-order valence-corrected chi connectivity index (χ3v) is 4.52. The van der Waals surface area contributed by atoms with E-state index in [9.17, 15) is 26.7 Å². The smallest absolute Gasteiger partial charge is 0.494 e. The third kappa shape index (κ3) is 8.14. The van der Waals surface area contributed by atoms with Gasteiger partial charge in [0.25, 0.3) is 5.91 Å². The molecule has 33 heavy (non-hydrogen) atoms. The SMILES string of the molecule is N#CCCCN(CCCCOc1ccc(OC(F)(F)F)cc1)c1ccc(F)c(C(N)=O)c1F. The maximum Gasteiger partial charge on any atom is 0.573 e. The summed E-state index contributed by atoms with van der Waals surface area (Å²) in [7, 11) is 0. The summed E-state index contributed by atoms with van der Waals surface area (Å²) in [5.41, 5.74) is 4.26. The minimum Gasteiger partial charge on any atom is -0.494 e. The zero-order chi connectivity index (χ0) is 24.4. The number of hydrogen-bond acceptors (Lipinski definition) is 5. The molecule has 2 aromatic carbocycles. The van der Waals surface area contributed by atoms with E-state index in [-0.39, 0.29) is 24.5 Å². The van der Waals surface area contributed by atoms with Crippen LogP contribution in [-0.4, -0.2) is 32.0 Å². The summed E-state index contributed by atoms with van der Waals surface area (Å²) in [6.45, 7) is 0.869. The largest absolute Gasteiger partial charge is 0.573 e. The molecule has 0 unspecified atom stereocenters. The van der Waals surface area contributed by atoms with Crippen LogP contribution in [-0.2, 0) is 0 Å². The number of benzene rings is 2. The first-order valence-electron chi connectivity index (χ1n) is 10.0. The Balaban J connectivity index is 1.93. The van der Waals surface area contributed by atoms with Crippen molar-refractivity contribution in [2.75, 3.05) is 24.6 Å². The van der Waals surface area contributed by atoms with E-state index in [4.69, 9.17) is 15.7 Å². The van der Waals surface area contributed by atoms with E-state index in [2.05, 4.69) is 4.74 Å². The second kappa shape index (κ2) is 11.9. The number of nitriles is 1. The summed E-state index contributed by atoms with van der Waals surface area (Å²) < 4.78 is 74.3. The number of unbranched alkanes of at least 4 members (excludes halogenated alkanes) is 2. The van der Waals surface area contributed by atoms with E-state index in [1.54, 1.807) is 4.90 Å². The predicted octanol–water partition coefficient (Wildman–Crippen LogP) is 4.93. The number of anilines is 1. The molecule has 178 valence electrons. The topological polar surface area (TPSA) is 88.6 Å². The number of nitrogens with two attached hydrogens (primary N) is 1. The Morgan fingerprint density at radius 1 is 1.00 bits per heavy atom. The first-order chi connectivity index (χ1) is 15.6. The quantitative estimate of drug-likeness (QED) is 0.350. The van der Waals surface area contributed by atoms with Crippen LogP contribution in [0.25, 0.3) is 0 Å². The minimum atomic E-state index is -4.77. The van der Waals surface area contributed by atoms with Crippen LogP contribution < -0.4 is 20.1 Å². The molecule has 2 aromatic rings. The molecule has 0 heterocycles. The number of primary amides is 1. The van der Waals surface area contributed by atoms with Crippen LogP contribution in [0.2, 0.25) is 0 Å². The molecule has 0 aliphatic rings. The van der Waals surface area contributed by atoms with Gasteiger partial charge in [-0.05, 0) is 55.7 Å². The molecule has 0 saturated carbocycles. The number of rotatable bonds is 12. The van der Waals surface area contributed by atoms with Crippen LogP contribution in [0.15, 0.2) is 36.4 Å². The van der Waals surface area contributed by atoms with Gasteiger partial charge in [-0.15, -0.1) is 13.2 Å². The molecule has 0 fully saturated rings. The lowest BCUT2D eigenvalue weighted by molar-refractivity contribution is -0.274. The lowest BCUT2D eigenvalue weighted by atomic mass is 10.1. The van der Waals surface area contributed by atoms with Gasteiger partial charge >= 0.3 is 6.36 Å². The van der Waals surface area contributed by atoms with Gasteiger partial charge in [0.2, 0.25) is 0 Å². The Hall–Kier alpha value is -3.55. The molecule has 11 heteroatoms. The van der Waals surface area contributed by atoms with Crippen molar-refractivity contribution in [2.24, 2.45) is 5.73 Å². The molecule has 1 amide bonds. The Kier molecular flexibility index (Phi) is 9.27. The lowest BCUT2D eigenvalue weighted by Gasteiger charge is -2.26. The number of alkyl halides is 3. The monoisotopic (exact) mass is 471 g/mol. The molecule has 0 aromatic heterocycles. The summed E-state index contributed by atoms with van der Waals surface area (Å²) in [5.74, 6) is -3.34. The standard InChI is InChI=1S/C22H22F5N3O3/c23-17-9-10-18(20(24)19(17)21(29)31)30(12-2-1-11-28)13-3-4-14-32-15-5-7-16(8-6-15)33-22(25,26)27/h5-10H,1-4,12-14H2,(H2,29,31). The van der Waals surface area contributed by atoms with Crippen molar-refractivity contribution in [3.63, 3.8) is 0 Å². The van der Waals surface area contributed by atoms with E-state index in [0.29, 0.717) is 38.1 Å². The number of carbonyl (C=O) groups is 1. The Bertz CT molecular complexity index is 975. The number of nitrogens with zero attached hydrogens (tertiary/aromatic N) is 2. The van der Waals surface area contributed by atoms with Crippen molar-refractivity contribution in [1.29, 1.82) is 5.26 Å². The lowest BCUT2D eigenvalue weighted by Crippen LogP contribution is -2.28. The minimum absolute atomic E-state index is 0.00399. The van der Waals surface area contributed by atoms with Crippen LogP contribution in [0.1, 0.15) is 36.0 Å². The average Bonchev–Trinajstić information content (AvgIpc) is 2.72. The Morgan fingerprint density at radius 2 is 1.64 bits per heavy atom. The van der Waals surface area contributed by atoms with Crippen molar-refractivity contribution in [2.45, 2.75) is 32.0 Å². The van der Waals surface area contributed by atoms with E-state index in [1.165, 1.54) is 18.2 Å². The summed E-state index contributed by atoms with van der Waals surface area (Å²) in [4.78, 5) is 13.0. The van der Waals surface area contributed by atoms with Crippen LogP contribution in [0.5, 0.6) is 11.5 Å². The van der Waals surface area contributed by atoms with Gasteiger partial charge in [-0.3, -0.25) is 4.79 Å². The van der Waals surface area contributed by atoms with Crippen molar-refractivity contribution in [3.05, 3.63) is 53.6 Å².